The van der Waals surface area contributed by atoms with E-state index in [2.05, 4.69) is 0 Å². The Morgan fingerprint density at radius 1 is 1.27 bits per heavy atom. The van der Waals surface area contributed by atoms with Crippen molar-refractivity contribution < 1.29 is 24.2 Å². The predicted molar refractivity (Wildman–Crippen MR) is 95.0 cm³/mol. The van der Waals surface area contributed by atoms with Crippen molar-refractivity contribution >= 4 is 23.5 Å². The fraction of sp³-hybridized carbons (Fsp3) is 0.526. The number of amides is 2. The lowest BCUT2D eigenvalue weighted by atomic mass is 9.92. The Bertz CT molecular complexity index is 720. The Labute approximate surface area is 152 Å². The fourth-order valence-corrected chi connectivity index (χ4v) is 3.61. The second kappa shape index (κ2) is 7.35. The molecule has 140 valence electrons. The number of rotatable bonds is 4. The molecule has 0 bridgehead atoms. The average molecular weight is 360 g/mol. The van der Waals surface area contributed by atoms with Gasteiger partial charge in [-0.15, -0.1) is 0 Å². The van der Waals surface area contributed by atoms with Gasteiger partial charge in [0, 0.05) is 19.5 Å². The van der Waals surface area contributed by atoms with Crippen molar-refractivity contribution in [1.82, 2.24) is 4.90 Å². The van der Waals surface area contributed by atoms with Crippen LogP contribution in [0.25, 0.3) is 0 Å². The van der Waals surface area contributed by atoms with E-state index >= 15 is 0 Å². The largest absolute Gasteiger partial charge is 0.480 e. The maximum absolute atomic E-state index is 12.7. The number of carbonyl (C=O) groups is 3. The average Bonchev–Trinajstić information content (AvgIpc) is 2.61. The molecule has 7 heteroatoms. The molecule has 1 N–H and O–H groups in total. The van der Waals surface area contributed by atoms with Gasteiger partial charge in [-0.2, -0.15) is 0 Å². The highest BCUT2D eigenvalue weighted by Crippen LogP contribution is 2.33. The van der Waals surface area contributed by atoms with Crippen LogP contribution in [0, 0.1) is 5.92 Å². The van der Waals surface area contributed by atoms with Crippen LogP contribution in [0.5, 0.6) is 5.75 Å². The van der Waals surface area contributed by atoms with Crippen molar-refractivity contribution in [2.45, 2.75) is 45.3 Å². The lowest BCUT2D eigenvalue weighted by molar-refractivity contribution is -0.153. The summed E-state index contributed by atoms with van der Waals surface area (Å²) in [4.78, 5) is 39.6. The van der Waals surface area contributed by atoms with Crippen LogP contribution in [-0.2, 0) is 14.4 Å². The summed E-state index contributed by atoms with van der Waals surface area (Å²) in [6.07, 6.45) is 0.747. The summed E-state index contributed by atoms with van der Waals surface area (Å²) in [5.41, 5.74) is 0.644. The van der Waals surface area contributed by atoms with Crippen LogP contribution in [-0.4, -0.2) is 53.0 Å². The molecule has 3 rings (SSSR count). The third-order valence-electron chi connectivity index (χ3n) is 5.09. The Hall–Kier alpha value is -2.57. The summed E-state index contributed by atoms with van der Waals surface area (Å²) < 4.78 is 5.59. The Balaban J connectivity index is 1.71. The minimum atomic E-state index is -0.966. The summed E-state index contributed by atoms with van der Waals surface area (Å²) in [6.45, 7) is 4.34. The van der Waals surface area contributed by atoms with Crippen LogP contribution in [0.3, 0.4) is 0 Å². The van der Waals surface area contributed by atoms with E-state index in [0.29, 0.717) is 24.4 Å². The maximum atomic E-state index is 12.7. The normalized spacial score (nSPS) is 25.5. The molecule has 1 aromatic carbocycles. The van der Waals surface area contributed by atoms with Gasteiger partial charge in [0.2, 0.25) is 5.91 Å². The van der Waals surface area contributed by atoms with Gasteiger partial charge in [-0.1, -0.05) is 19.1 Å². The number of benzene rings is 1. The van der Waals surface area contributed by atoms with Crippen molar-refractivity contribution in [3.8, 4) is 5.75 Å². The predicted octanol–water partition coefficient (Wildman–Crippen LogP) is 1.90. The zero-order chi connectivity index (χ0) is 18.8. The molecule has 3 atom stereocenters. The lowest BCUT2D eigenvalue weighted by Gasteiger charge is -2.37. The molecule has 1 saturated heterocycles. The minimum absolute atomic E-state index is 0.0882. The highest BCUT2D eigenvalue weighted by molar-refractivity contribution is 6.00. The first kappa shape index (κ1) is 18.2. The third kappa shape index (κ3) is 3.52. The molecule has 0 aliphatic carbocycles. The highest BCUT2D eigenvalue weighted by Gasteiger charge is 2.36. The van der Waals surface area contributed by atoms with Gasteiger partial charge in [-0.3, -0.25) is 9.59 Å². The summed E-state index contributed by atoms with van der Waals surface area (Å²) in [6, 6.07) is 6.44. The zero-order valence-electron chi connectivity index (χ0n) is 15.1. The van der Waals surface area contributed by atoms with E-state index in [1.165, 1.54) is 4.90 Å². The zero-order valence-corrected chi connectivity index (χ0v) is 15.1. The van der Waals surface area contributed by atoms with Gasteiger partial charge < -0.3 is 19.6 Å². The molecule has 1 fully saturated rings. The number of piperidine rings is 1. The van der Waals surface area contributed by atoms with E-state index in [9.17, 15) is 19.5 Å². The van der Waals surface area contributed by atoms with Crippen LogP contribution in [0.4, 0.5) is 5.69 Å². The summed E-state index contributed by atoms with van der Waals surface area (Å²) in [5, 5.41) is 9.42. The molecule has 0 spiro atoms. The quantitative estimate of drug-likeness (QED) is 0.886. The van der Waals surface area contributed by atoms with Crippen molar-refractivity contribution in [1.29, 1.82) is 0 Å². The number of anilines is 1. The monoisotopic (exact) mass is 360 g/mol. The molecule has 7 nitrogen and oxygen atoms in total. The number of hydrogen-bond acceptors (Lipinski definition) is 4. The maximum Gasteiger partial charge on any atom is 0.326 e. The van der Waals surface area contributed by atoms with E-state index in [1.54, 1.807) is 24.0 Å². The first-order valence-corrected chi connectivity index (χ1v) is 8.97. The molecule has 0 radical (unpaired) electrons. The number of likely N-dealkylation sites (tertiary alicyclic amines) is 1. The number of carboxylic acid groups (broad SMARTS) is 1. The van der Waals surface area contributed by atoms with Gasteiger partial charge in [0.15, 0.2) is 6.10 Å². The second-order valence-electron chi connectivity index (χ2n) is 7.04. The van der Waals surface area contributed by atoms with E-state index in [4.69, 9.17) is 4.74 Å². The first-order chi connectivity index (χ1) is 12.4. The SMILES string of the molecule is CC1CCN(C(=O)CCN2C(=O)C(C)Oc3ccccc32)C(C(=O)O)C1. The van der Waals surface area contributed by atoms with Crippen LogP contribution in [0.1, 0.15) is 33.1 Å². The number of nitrogens with zero attached hydrogens (tertiary/aromatic N) is 2. The molecule has 26 heavy (non-hydrogen) atoms. The number of fused-ring (bicyclic) bond motifs is 1. The summed E-state index contributed by atoms with van der Waals surface area (Å²) in [7, 11) is 0. The Morgan fingerprint density at radius 3 is 2.73 bits per heavy atom. The standard InChI is InChI=1S/C19H24N2O5/c1-12-7-9-20(15(11-12)19(24)25)17(22)8-10-21-14-5-3-4-6-16(14)26-13(2)18(21)23/h3-6,12-13,15H,7-11H2,1-2H3,(H,24,25). The van der Waals surface area contributed by atoms with Gasteiger partial charge in [0.05, 0.1) is 5.69 Å². The number of hydrogen-bond donors (Lipinski definition) is 1. The first-order valence-electron chi connectivity index (χ1n) is 8.97. The number of carboxylic acids is 1. The molecule has 2 aliphatic heterocycles. The van der Waals surface area contributed by atoms with Gasteiger partial charge in [0.25, 0.3) is 5.91 Å². The van der Waals surface area contributed by atoms with Crippen molar-refractivity contribution in [2.24, 2.45) is 5.92 Å². The number of carbonyl (C=O) groups excluding carboxylic acids is 2. The van der Waals surface area contributed by atoms with E-state index in [-0.39, 0.29) is 30.7 Å². The van der Waals surface area contributed by atoms with Crippen LogP contribution in [0.15, 0.2) is 24.3 Å². The smallest absolute Gasteiger partial charge is 0.326 e. The van der Waals surface area contributed by atoms with Gasteiger partial charge in [0.1, 0.15) is 11.8 Å². The minimum Gasteiger partial charge on any atom is -0.480 e. The molecule has 0 saturated carbocycles. The number of ether oxygens (including phenoxy) is 1. The fourth-order valence-electron chi connectivity index (χ4n) is 3.61. The van der Waals surface area contributed by atoms with Crippen LogP contribution in [0.2, 0.25) is 0 Å². The topological polar surface area (TPSA) is 87.2 Å². The molecule has 1 aromatic rings. The number of aliphatic carboxylic acids is 1. The van der Waals surface area contributed by atoms with Crippen LogP contribution >= 0.6 is 0 Å². The molecule has 2 amide bonds. The summed E-state index contributed by atoms with van der Waals surface area (Å²) >= 11 is 0. The molecule has 3 unspecified atom stereocenters. The lowest BCUT2D eigenvalue weighted by Crippen LogP contribution is -2.51. The third-order valence-corrected chi connectivity index (χ3v) is 5.09. The van der Waals surface area contributed by atoms with E-state index in [1.807, 2.05) is 19.1 Å². The van der Waals surface area contributed by atoms with Crippen molar-refractivity contribution in [3.05, 3.63) is 24.3 Å². The second-order valence-corrected chi connectivity index (χ2v) is 7.04. The van der Waals surface area contributed by atoms with Crippen LogP contribution < -0.4 is 9.64 Å². The van der Waals surface area contributed by atoms with Gasteiger partial charge in [-0.25, -0.2) is 4.79 Å². The highest BCUT2D eigenvalue weighted by atomic mass is 16.5. The molecule has 2 heterocycles. The molecule has 2 aliphatic rings. The van der Waals surface area contributed by atoms with Crippen molar-refractivity contribution in [3.63, 3.8) is 0 Å². The number of para-hydroxylation sites is 2. The van der Waals surface area contributed by atoms with Crippen molar-refractivity contribution in [2.75, 3.05) is 18.0 Å². The molecular weight excluding hydrogens is 336 g/mol. The van der Waals surface area contributed by atoms with Gasteiger partial charge >= 0.3 is 5.97 Å². The Morgan fingerprint density at radius 2 is 2.00 bits per heavy atom. The van der Waals surface area contributed by atoms with Gasteiger partial charge in [-0.05, 0) is 37.8 Å². The van der Waals surface area contributed by atoms with E-state index in [0.717, 1.165) is 6.42 Å². The Kier molecular flexibility index (Phi) is 5.15. The van der Waals surface area contributed by atoms with E-state index < -0.39 is 18.1 Å². The molecule has 0 aromatic heterocycles. The molecular formula is C19H24N2O5. The summed E-state index contributed by atoms with van der Waals surface area (Å²) in [5.74, 6) is -0.491.